The summed E-state index contributed by atoms with van der Waals surface area (Å²) in [5, 5.41) is 3.56. The molecule has 0 unspecified atom stereocenters. The van der Waals surface area contributed by atoms with Gasteiger partial charge in [-0.1, -0.05) is 12.1 Å². The fourth-order valence-electron chi connectivity index (χ4n) is 3.82. The van der Waals surface area contributed by atoms with Gasteiger partial charge in [-0.15, -0.1) is 11.3 Å². The maximum absolute atomic E-state index is 12.8. The van der Waals surface area contributed by atoms with E-state index >= 15 is 0 Å². The Morgan fingerprint density at radius 3 is 2.45 bits per heavy atom. The minimum atomic E-state index is -3.63. The highest BCUT2D eigenvalue weighted by Crippen LogP contribution is 2.31. The van der Waals surface area contributed by atoms with Crippen molar-refractivity contribution in [2.45, 2.75) is 43.9 Å². The van der Waals surface area contributed by atoms with Crippen LogP contribution in [0, 0.1) is 5.92 Å². The summed E-state index contributed by atoms with van der Waals surface area (Å²) >= 11 is 1.55. The van der Waals surface area contributed by atoms with Crippen LogP contribution in [0.25, 0.3) is 0 Å². The normalized spacial score (nSPS) is 17.8. The third-order valence-corrected chi connectivity index (χ3v) is 8.53. The Labute approximate surface area is 174 Å². The molecule has 0 saturated carbocycles. The number of fused-ring (bicyclic) bond motifs is 1. The molecular weight excluding hydrogens is 410 g/mol. The zero-order valence-corrected chi connectivity index (χ0v) is 17.8. The number of aromatic nitrogens is 1. The molecule has 154 valence electrons. The number of nitrogens with zero attached hydrogens (tertiary/aromatic N) is 2. The minimum absolute atomic E-state index is 0.0831. The maximum atomic E-state index is 12.8. The maximum Gasteiger partial charge on any atom is 0.243 e. The van der Waals surface area contributed by atoms with E-state index in [0.717, 1.165) is 25.0 Å². The molecule has 7 nitrogen and oxygen atoms in total. The first-order valence-electron chi connectivity index (χ1n) is 9.75. The summed E-state index contributed by atoms with van der Waals surface area (Å²) < 4.78 is 27.1. The average molecular weight is 434 g/mol. The standard InChI is InChI=1S/C20H23N3O4S2/c1-13(24)14-5-7-16(8-6-14)29(26,27)23-11-9-15(10-12-23)19(25)22-20-21-17-3-2-4-18(17)28-20/h5-8,15H,2-4,9-12H2,1H3,(H,21,22,25). The van der Waals surface area contributed by atoms with E-state index in [4.69, 9.17) is 0 Å². The fraction of sp³-hybridized carbons (Fsp3) is 0.450. The molecule has 1 N–H and O–H groups in total. The predicted molar refractivity (Wildman–Crippen MR) is 111 cm³/mol. The number of ketones is 1. The van der Waals surface area contributed by atoms with Crippen LogP contribution < -0.4 is 5.32 Å². The summed E-state index contributed by atoms with van der Waals surface area (Å²) in [4.78, 5) is 29.9. The number of anilines is 1. The molecule has 1 saturated heterocycles. The lowest BCUT2D eigenvalue weighted by Crippen LogP contribution is -2.41. The first-order chi connectivity index (χ1) is 13.8. The second-order valence-electron chi connectivity index (χ2n) is 7.49. The molecule has 1 fully saturated rings. The van der Waals surface area contributed by atoms with Crippen molar-refractivity contribution in [2.24, 2.45) is 5.92 Å². The SMILES string of the molecule is CC(=O)c1ccc(S(=O)(=O)N2CCC(C(=O)Nc3nc4c(s3)CCC4)CC2)cc1. The second-order valence-corrected chi connectivity index (χ2v) is 10.5. The molecule has 0 bridgehead atoms. The molecule has 9 heteroatoms. The van der Waals surface area contributed by atoms with E-state index in [-0.39, 0.29) is 22.5 Å². The number of piperidine rings is 1. The van der Waals surface area contributed by atoms with E-state index in [1.165, 1.54) is 40.4 Å². The van der Waals surface area contributed by atoms with Crippen LogP contribution in [0.5, 0.6) is 0 Å². The summed E-state index contributed by atoms with van der Waals surface area (Å²) in [6.45, 7) is 2.03. The van der Waals surface area contributed by atoms with E-state index in [1.807, 2.05) is 0 Å². The fourth-order valence-corrected chi connectivity index (χ4v) is 6.34. The molecule has 1 aliphatic heterocycles. The molecule has 1 aromatic carbocycles. The smallest absolute Gasteiger partial charge is 0.243 e. The highest BCUT2D eigenvalue weighted by atomic mass is 32.2. The number of hydrogen-bond acceptors (Lipinski definition) is 6. The molecule has 2 heterocycles. The van der Waals surface area contributed by atoms with Gasteiger partial charge in [0.25, 0.3) is 0 Å². The van der Waals surface area contributed by atoms with Crippen LogP contribution in [0.2, 0.25) is 0 Å². The van der Waals surface area contributed by atoms with Crippen LogP contribution in [0.15, 0.2) is 29.2 Å². The third kappa shape index (κ3) is 4.12. The summed E-state index contributed by atoms with van der Waals surface area (Å²) in [7, 11) is -3.63. The number of benzene rings is 1. The van der Waals surface area contributed by atoms with Crippen molar-refractivity contribution in [3.05, 3.63) is 40.4 Å². The molecule has 2 aromatic rings. The van der Waals surface area contributed by atoms with Gasteiger partial charge >= 0.3 is 0 Å². The average Bonchev–Trinajstić information content (AvgIpc) is 3.30. The van der Waals surface area contributed by atoms with Crippen LogP contribution in [-0.4, -0.2) is 42.5 Å². The minimum Gasteiger partial charge on any atom is -0.302 e. The van der Waals surface area contributed by atoms with Gasteiger partial charge in [-0.25, -0.2) is 13.4 Å². The Morgan fingerprint density at radius 2 is 1.83 bits per heavy atom. The van der Waals surface area contributed by atoms with Gasteiger partial charge in [0.15, 0.2) is 10.9 Å². The number of thiazole rings is 1. The molecule has 1 aromatic heterocycles. The number of sulfonamides is 1. The lowest BCUT2D eigenvalue weighted by Gasteiger charge is -2.30. The van der Waals surface area contributed by atoms with Crippen molar-refractivity contribution in [1.29, 1.82) is 0 Å². The zero-order chi connectivity index (χ0) is 20.6. The molecule has 2 aliphatic rings. The highest BCUT2D eigenvalue weighted by Gasteiger charge is 2.32. The van der Waals surface area contributed by atoms with Crippen LogP contribution in [0.4, 0.5) is 5.13 Å². The number of carbonyl (C=O) groups is 2. The number of carbonyl (C=O) groups excluding carboxylic acids is 2. The van der Waals surface area contributed by atoms with Gasteiger partial charge in [-0.2, -0.15) is 4.31 Å². The number of rotatable bonds is 5. The number of hydrogen-bond donors (Lipinski definition) is 1. The highest BCUT2D eigenvalue weighted by molar-refractivity contribution is 7.89. The van der Waals surface area contributed by atoms with Crippen molar-refractivity contribution in [3.8, 4) is 0 Å². The number of amides is 1. The molecular formula is C20H23N3O4S2. The van der Waals surface area contributed by atoms with Crippen molar-refractivity contribution in [3.63, 3.8) is 0 Å². The molecule has 4 rings (SSSR count). The quantitative estimate of drug-likeness (QED) is 0.732. The number of Topliss-reactive ketones (excluding diaryl/α,β-unsaturated/α-hetero) is 1. The van der Waals surface area contributed by atoms with Crippen LogP contribution in [-0.2, 0) is 27.7 Å². The first-order valence-corrected chi connectivity index (χ1v) is 12.0. The van der Waals surface area contributed by atoms with Gasteiger partial charge in [0.1, 0.15) is 0 Å². The zero-order valence-electron chi connectivity index (χ0n) is 16.2. The van der Waals surface area contributed by atoms with Gasteiger partial charge in [0, 0.05) is 29.4 Å². The van der Waals surface area contributed by atoms with Crippen LogP contribution in [0.3, 0.4) is 0 Å². The lowest BCUT2D eigenvalue weighted by molar-refractivity contribution is -0.120. The third-order valence-electron chi connectivity index (χ3n) is 5.55. The van der Waals surface area contributed by atoms with Crippen molar-refractivity contribution < 1.29 is 18.0 Å². The number of nitrogens with one attached hydrogen (secondary N) is 1. The van der Waals surface area contributed by atoms with E-state index in [9.17, 15) is 18.0 Å². The van der Waals surface area contributed by atoms with Crippen molar-refractivity contribution in [2.75, 3.05) is 18.4 Å². The second kappa shape index (κ2) is 7.97. The number of aryl methyl sites for hydroxylation is 2. The van der Waals surface area contributed by atoms with Gasteiger partial charge in [-0.3, -0.25) is 9.59 Å². The first kappa shape index (κ1) is 20.2. The van der Waals surface area contributed by atoms with Gasteiger partial charge in [0.2, 0.25) is 15.9 Å². The summed E-state index contributed by atoms with van der Waals surface area (Å²) in [5.74, 6) is -0.410. The molecule has 29 heavy (non-hydrogen) atoms. The van der Waals surface area contributed by atoms with Crippen molar-refractivity contribution in [1.82, 2.24) is 9.29 Å². The van der Waals surface area contributed by atoms with Gasteiger partial charge in [0.05, 0.1) is 10.6 Å². The summed E-state index contributed by atoms with van der Waals surface area (Å²) in [6, 6.07) is 5.99. The van der Waals surface area contributed by atoms with E-state index in [1.54, 1.807) is 11.3 Å². The van der Waals surface area contributed by atoms with E-state index < -0.39 is 10.0 Å². The van der Waals surface area contributed by atoms with Crippen LogP contribution in [0.1, 0.15) is 47.1 Å². The Kier molecular flexibility index (Phi) is 5.54. The van der Waals surface area contributed by atoms with E-state index in [2.05, 4.69) is 10.3 Å². The largest absolute Gasteiger partial charge is 0.302 e. The van der Waals surface area contributed by atoms with E-state index in [0.29, 0.717) is 36.6 Å². The molecule has 1 aliphatic carbocycles. The van der Waals surface area contributed by atoms with Crippen LogP contribution >= 0.6 is 11.3 Å². The molecule has 0 radical (unpaired) electrons. The van der Waals surface area contributed by atoms with Crippen molar-refractivity contribution >= 4 is 38.2 Å². The molecule has 0 spiro atoms. The summed E-state index contributed by atoms with van der Waals surface area (Å²) in [6.07, 6.45) is 4.09. The van der Waals surface area contributed by atoms with Gasteiger partial charge < -0.3 is 5.32 Å². The Balaban J connectivity index is 1.36. The Bertz CT molecular complexity index is 1010. The monoisotopic (exact) mass is 433 g/mol. The Morgan fingerprint density at radius 1 is 1.14 bits per heavy atom. The topological polar surface area (TPSA) is 96.4 Å². The predicted octanol–water partition coefficient (Wildman–Crippen LogP) is 2.87. The molecule has 0 atom stereocenters. The lowest BCUT2D eigenvalue weighted by atomic mass is 9.97. The van der Waals surface area contributed by atoms with Gasteiger partial charge in [-0.05, 0) is 51.2 Å². The Hall–Kier alpha value is -2.10. The summed E-state index contributed by atoms with van der Waals surface area (Å²) in [5.41, 5.74) is 1.58. The molecule has 1 amide bonds.